The second-order valence-corrected chi connectivity index (χ2v) is 3.46. The van der Waals surface area contributed by atoms with Crippen LogP contribution in [0.15, 0.2) is 23.1 Å². The van der Waals surface area contributed by atoms with Crippen molar-refractivity contribution in [2.45, 2.75) is 4.90 Å². The maximum Gasteiger partial charge on any atom is 0.169 e. The highest BCUT2D eigenvalue weighted by Gasteiger charge is 2.03. The molecular formula is C7H4ClNO2S. The topological polar surface area (TPSA) is 57.9 Å². The van der Waals surface area contributed by atoms with E-state index in [0.717, 1.165) is 0 Å². The fraction of sp³-hybridized carbons (Fsp3) is 0. The van der Waals surface area contributed by atoms with Crippen molar-refractivity contribution in [1.29, 1.82) is 5.26 Å². The van der Waals surface area contributed by atoms with Crippen molar-refractivity contribution in [3.63, 3.8) is 0 Å². The summed E-state index contributed by atoms with van der Waals surface area (Å²) in [6.07, 6.45) is 0. The van der Waals surface area contributed by atoms with E-state index < -0.39 is 10.7 Å². The van der Waals surface area contributed by atoms with Gasteiger partial charge in [0.2, 0.25) is 0 Å². The molecule has 1 aromatic carbocycles. The highest BCUT2D eigenvalue weighted by atomic mass is 35.5. The first-order valence-corrected chi connectivity index (χ1v) is 4.54. The first-order valence-electron chi connectivity index (χ1n) is 2.99. The lowest BCUT2D eigenvalue weighted by atomic mass is 10.2. The normalized spacial score (nSPS) is 9.75. The van der Waals surface area contributed by atoms with E-state index >= 15 is 0 Å². The molecule has 1 rings (SSSR count). The van der Waals surface area contributed by atoms with Gasteiger partial charge in [0.15, 0.2) is 10.7 Å². The number of nitrogens with zero attached hydrogens (tertiary/aromatic N) is 1. The number of thiol groups is 1. The molecule has 0 aliphatic carbocycles. The van der Waals surface area contributed by atoms with Gasteiger partial charge in [0.25, 0.3) is 0 Å². The summed E-state index contributed by atoms with van der Waals surface area (Å²) in [7, 11) is -2.75. The van der Waals surface area contributed by atoms with Crippen LogP contribution in [0.5, 0.6) is 0 Å². The third-order valence-corrected chi connectivity index (χ3v) is 2.28. The first-order chi connectivity index (χ1) is 5.65. The smallest absolute Gasteiger partial charge is 0.169 e. The third kappa shape index (κ3) is 1.76. The molecule has 3 nitrogen and oxygen atoms in total. The second kappa shape index (κ2) is 3.57. The molecule has 0 saturated heterocycles. The van der Waals surface area contributed by atoms with Crippen LogP contribution in [0.1, 0.15) is 5.56 Å². The molecule has 0 N–H and O–H groups in total. The molecule has 0 aromatic heterocycles. The van der Waals surface area contributed by atoms with E-state index in [1.165, 1.54) is 18.2 Å². The zero-order valence-corrected chi connectivity index (χ0v) is 7.47. The van der Waals surface area contributed by atoms with Gasteiger partial charge in [-0.2, -0.15) is 5.26 Å². The van der Waals surface area contributed by atoms with Gasteiger partial charge >= 0.3 is 0 Å². The van der Waals surface area contributed by atoms with Gasteiger partial charge in [-0.05, 0) is 18.2 Å². The minimum atomic E-state index is -2.75. The van der Waals surface area contributed by atoms with Crippen LogP contribution in [0.4, 0.5) is 0 Å². The zero-order chi connectivity index (χ0) is 9.14. The molecule has 0 radical (unpaired) electrons. The van der Waals surface area contributed by atoms with Crippen LogP contribution in [-0.4, -0.2) is 8.42 Å². The van der Waals surface area contributed by atoms with Gasteiger partial charge in [0.1, 0.15) is 6.07 Å². The molecule has 62 valence electrons. The lowest BCUT2D eigenvalue weighted by molar-refractivity contribution is 0.614. The summed E-state index contributed by atoms with van der Waals surface area (Å²) in [5.41, 5.74) is 0.121. The average Bonchev–Trinajstić information content (AvgIpc) is 2.04. The van der Waals surface area contributed by atoms with Crippen LogP contribution in [0, 0.1) is 11.3 Å². The van der Waals surface area contributed by atoms with Crippen LogP contribution < -0.4 is 0 Å². The molecule has 0 heterocycles. The number of halogens is 1. The Bertz CT molecular complexity index is 412. The third-order valence-electron chi connectivity index (χ3n) is 1.28. The number of hydrogen-bond donors (Lipinski definition) is 1. The fourth-order valence-electron chi connectivity index (χ4n) is 0.750. The van der Waals surface area contributed by atoms with Crippen LogP contribution in [0.25, 0.3) is 0 Å². The minimum Gasteiger partial charge on any atom is -0.227 e. The van der Waals surface area contributed by atoms with Gasteiger partial charge in [-0.15, -0.1) is 0 Å². The van der Waals surface area contributed by atoms with E-state index in [1.807, 2.05) is 0 Å². The lowest BCUT2D eigenvalue weighted by Gasteiger charge is -1.94. The SMILES string of the molecule is N#Cc1ccc(Cl)cc1[SH](=O)=O. The predicted octanol–water partition coefficient (Wildman–Crippen LogP) is 1.18. The average molecular weight is 202 g/mol. The van der Waals surface area contributed by atoms with Crippen molar-refractivity contribution in [2.75, 3.05) is 0 Å². The van der Waals surface area contributed by atoms with E-state index in [1.54, 1.807) is 6.07 Å². The summed E-state index contributed by atoms with van der Waals surface area (Å²) in [6, 6.07) is 5.87. The summed E-state index contributed by atoms with van der Waals surface area (Å²) in [6.45, 7) is 0. The fourth-order valence-corrected chi connectivity index (χ4v) is 1.56. The molecule has 0 aliphatic heterocycles. The van der Waals surface area contributed by atoms with Crippen LogP contribution in [-0.2, 0) is 10.7 Å². The Kier molecular flexibility index (Phi) is 2.69. The van der Waals surface area contributed by atoms with E-state index in [0.29, 0.717) is 5.02 Å². The molecule has 12 heavy (non-hydrogen) atoms. The molecule has 0 amide bonds. The molecule has 0 unspecified atom stereocenters. The Hall–Kier alpha value is -1.05. The highest BCUT2D eigenvalue weighted by Crippen LogP contribution is 2.16. The Morgan fingerprint density at radius 2 is 2.08 bits per heavy atom. The molecule has 0 aliphatic rings. The van der Waals surface area contributed by atoms with E-state index in [2.05, 4.69) is 0 Å². The Morgan fingerprint density at radius 3 is 2.58 bits per heavy atom. The van der Waals surface area contributed by atoms with Crippen molar-refractivity contribution < 1.29 is 8.42 Å². The second-order valence-electron chi connectivity index (χ2n) is 2.03. The van der Waals surface area contributed by atoms with Gasteiger partial charge in [-0.25, -0.2) is 8.42 Å². The van der Waals surface area contributed by atoms with Gasteiger partial charge in [0.05, 0.1) is 10.5 Å². The van der Waals surface area contributed by atoms with Gasteiger partial charge in [0, 0.05) is 5.02 Å². The van der Waals surface area contributed by atoms with Gasteiger partial charge in [-0.1, -0.05) is 11.6 Å². The maximum atomic E-state index is 10.6. The molecular weight excluding hydrogens is 198 g/mol. The molecule has 0 bridgehead atoms. The molecule has 0 fully saturated rings. The molecule has 0 spiro atoms. The monoisotopic (exact) mass is 201 g/mol. The van der Waals surface area contributed by atoms with Crippen molar-refractivity contribution >= 4 is 22.3 Å². The standard InChI is InChI=1S/C7H4ClNO2S/c8-6-2-1-5(4-9)7(3-6)12(10)11/h1-3,12H. The first kappa shape index (κ1) is 9.04. The molecule has 1 aromatic rings. The molecule has 0 atom stereocenters. The number of nitriles is 1. The molecule has 5 heteroatoms. The van der Waals surface area contributed by atoms with E-state index in [-0.39, 0.29) is 10.5 Å². The van der Waals surface area contributed by atoms with Crippen molar-refractivity contribution in [3.8, 4) is 6.07 Å². The van der Waals surface area contributed by atoms with Crippen LogP contribution in [0.3, 0.4) is 0 Å². The lowest BCUT2D eigenvalue weighted by Crippen LogP contribution is -1.86. The Morgan fingerprint density at radius 1 is 1.42 bits per heavy atom. The summed E-state index contributed by atoms with van der Waals surface area (Å²) in [5, 5.41) is 8.81. The summed E-state index contributed by atoms with van der Waals surface area (Å²) < 4.78 is 21.1. The van der Waals surface area contributed by atoms with Crippen molar-refractivity contribution in [1.82, 2.24) is 0 Å². The molecule has 0 saturated carbocycles. The predicted molar refractivity (Wildman–Crippen MR) is 44.7 cm³/mol. The van der Waals surface area contributed by atoms with E-state index in [9.17, 15) is 8.42 Å². The number of rotatable bonds is 1. The van der Waals surface area contributed by atoms with E-state index in [4.69, 9.17) is 16.9 Å². The summed E-state index contributed by atoms with van der Waals surface area (Å²) in [5.74, 6) is 0. The number of benzene rings is 1. The van der Waals surface area contributed by atoms with Crippen LogP contribution >= 0.6 is 11.6 Å². The minimum absolute atomic E-state index is 0.0278. The number of hydrogen-bond acceptors (Lipinski definition) is 3. The maximum absolute atomic E-state index is 10.6. The Balaban J connectivity index is 3.44. The van der Waals surface area contributed by atoms with Crippen molar-refractivity contribution in [3.05, 3.63) is 28.8 Å². The van der Waals surface area contributed by atoms with Gasteiger partial charge < -0.3 is 0 Å². The van der Waals surface area contributed by atoms with Gasteiger partial charge in [-0.3, -0.25) is 0 Å². The zero-order valence-electron chi connectivity index (χ0n) is 5.82. The summed E-state index contributed by atoms with van der Waals surface area (Å²) >= 11 is 5.54. The largest absolute Gasteiger partial charge is 0.227 e. The quantitative estimate of drug-likeness (QED) is 0.695. The summed E-state index contributed by atoms with van der Waals surface area (Å²) in [4.78, 5) is -0.0278. The highest BCUT2D eigenvalue weighted by molar-refractivity contribution is 7.72. The van der Waals surface area contributed by atoms with Crippen LogP contribution in [0.2, 0.25) is 5.02 Å². The van der Waals surface area contributed by atoms with Crippen molar-refractivity contribution in [2.24, 2.45) is 0 Å². The Labute approximate surface area is 76.1 Å².